The van der Waals surface area contributed by atoms with E-state index in [9.17, 15) is 4.21 Å². The molecule has 0 bridgehead atoms. The van der Waals surface area contributed by atoms with Crippen LogP contribution in [0.3, 0.4) is 0 Å². The molecule has 0 amide bonds. The van der Waals surface area contributed by atoms with Crippen molar-refractivity contribution in [1.82, 2.24) is 5.32 Å². The minimum absolute atomic E-state index is 0.468. The number of hydrogen-bond acceptors (Lipinski definition) is 3. The Bertz CT molecular complexity index is 285. The third kappa shape index (κ3) is 4.91. The van der Waals surface area contributed by atoms with Crippen LogP contribution in [-0.2, 0) is 10.8 Å². The maximum atomic E-state index is 10.9. The zero-order valence-electron chi connectivity index (χ0n) is 9.36. The minimum Gasteiger partial charge on any atom is -0.309 e. The van der Waals surface area contributed by atoms with Gasteiger partial charge < -0.3 is 5.32 Å². The van der Waals surface area contributed by atoms with E-state index in [0.717, 1.165) is 25.1 Å². The average molecular weight is 245 g/mol. The Labute approximate surface area is 98.6 Å². The van der Waals surface area contributed by atoms with Crippen LogP contribution >= 0.6 is 11.3 Å². The molecule has 1 aromatic heterocycles. The zero-order chi connectivity index (χ0) is 11.1. The van der Waals surface area contributed by atoms with Crippen LogP contribution in [0.25, 0.3) is 0 Å². The first-order chi connectivity index (χ1) is 7.24. The molecule has 0 aromatic carbocycles. The summed E-state index contributed by atoms with van der Waals surface area (Å²) in [6, 6.07) is 4.73. The fourth-order valence-corrected chi connectivity index (χ4v) is 2.92. The third-order valence-corrected chi connectivity index (χ3v) is 4.14. The summed E-state index contributed by atoms with van der Waals surface area (Å²) in [5, 5.41) is 5.62. The van der Waals surface area contributed by atoms with Gasteiger partial charge in [0.2, 0.25) is 0 Å². The molecule has 0 aliphatic heterocycles. The molecule has 0 fully saturated rings. The predicted octanol–water partition coefficient (Wildman–Crippen LogP) is 2.56. The first-order valence-electron chi connectivity index (χ1n) is 5.31. The lowest BCUT2D eigenvalue weighted by molar-refractivity contribution is 0.526. The molecule has 0 saturated carbocycles. The van der Waals surface area contributed by atoms with Crippen molar-refractivity contribution in [1.29, 1.82) is 0 Å². The third-order valence-electron chi connectivity index (χ3n) is 2.29. The summed E-state index contributed by atoms with van der Waals surface area (Å²) < 4.78 is 10.9. The molecule has 1 rings (SSSR count). The van der Waals surface area contributed by atoms with Crippen molar-refractivity contribution < 1.29 is 4.21 Å². The highest BCUT2D eigenvalue weighted by Crippen LogP contribution is 2.21. The van der Waals surface area contributed by atoms with Gasteiger partial charge in [-0.1, -0.05) is 13.0 Å². The topological polar surface area (TPSA) is 29.1 Å². The summed E-state index contributed by atoms with van der Waals surface area (Å²) in [6.45, 7) is 3.14. The number of thiophene rings is 1. The highest BCUT2D eigenvalue weighted by Gasteiger charge is 2.08. The van der Waals surface area contributed by atoms with E-state index in [1.54, 1.807) is 17.6 Å². The number of nitrogens with one attached hydrogen (secondary N) is 1. The Hall–Kier alpha value is -0.190. The first kappa shape index (κ1) is 12.9. The SMILES string of the molecule is CCC(NCCCS(C)=O)c1cccs1. The fourth-order valence-electron chi connectivity index (χ4n) is 1.49. The Morgan fingerprint density at radius 1 is 1.60 bits per heavy atom. The maximum Gasteiger partial charge on any atom is 0.0412 e. The van der Waals surface area contributed by atoms with Gasteiger partial charge in [-0.05, 0) is 30.8 Å². The maximum absolute atomic E-state index is 10.9. The molecule has 0 saturated heterocycles. The molecule has 2 nitrogen and oxygen atoms in total. The van der Waals surface area contributed by atoms with Crippen LogP contribution in [0.2, 0.25) is 0 Å². The van der Waals surface area contributed by atoms with Crippen LogP contribution < -0.4 is 5.32 Å². The predicted molar refractivity (Wildman–Crippen MR) is 68.9 cm³/mol. The van der Waals surface area contributed by atoms with E-state index < -0.39 is 10.8 Å². The van der Waals surface area contributed by atoms with Crippen LogP contribution in [0, 0.1) is 0 Å². The van der Waals surface area contributed by atoms with Crippen molar-refractivity contribution in [3.8, 4) is 0 Å². The second-order valence-electron chi connectivity index (χ2n) is 3.56. The smallest absolute Gasteiger partial charge is 0.0412 e. The molecule has 1 N–H and O–H groups in total. The average Bonchev–Trinajstić information content (AvgIpc) is 2.70. The van der Waals surface area contributed by atoms with Crippen LogP contribution in [0.5, 0.6) is 0 Å². The molecule has 0 spiro atoms. The van der Waals surface area contributed by atoms with Gasteiger partial charge in [0.05, 0.1) is 0 Å². The van der Waals surface area contributed by atoms with E-state index in [-0.39, 0.29) is 0 Å². The van der Waals surface area contributed by atoms with Crippen molar-refractivity contribution in [3.63, 3.8) is 0 Å². The highest BCUT2D eigenvalue weighted by molar-refractivity contribution is 7.84. The highest BCUT2D eigenvalue weighted by atomic mass is 32.2. The summed E-state index contributed by atoms with van der Waals surface area (Å²) in [7, 11) is -0.656. The van der Waals surface area contributed by atoms with Gasteiger partial charge in [-0.25, -0.2) is 0 Å². The molecule has 1 heterocycles. The molecule has 4 heteroatoms. The van der Waals surface area contributed by atoms with E-state index in [1.807, 2.05) is 0 Å². The van der Waals surface area contributed by atoms with E-state index >= 15 is 0 Å². The normalized spacial score (nSPS) is 15.1. The van der Waals surface area contributed by atoms with Crippen molar-refractivity contribution in [2.24, 2.45) is 0 Å². The van der Waals surface area contributed by atoms with Crippen molar-refractivity contribution in [2.45, 2.75) is 25.8 Å². The van der Waals surface area contributed by atoms with E-state index in [2.05, 4.69) is 29.8 Å². The van der Waals surface area contributed by atoms with Gasteiger partial charge >= 0.3 is 0 Å². The van der Waals surface area contributed by atoms with Gasteiger partial charge in [0.15, 0.2) is 0 Å². The molecular formula is C11H19NOS2. The van der Waals surface area contributed by atoms with Gasteiger partial charge in [-0.3, -0.25) is 4.21 Å². The molecule has 1 aromatic rings. The molecule has 2 unspecified atom stereocenters. The molecule has 0 radical (unpaired) electrons. The van der Waals surface area contributed by atoms with Crippen LogP contribution in [0.4, 0.5) is 0 Å². The van der Waals surface area contributed by atoms with Gasteiger partial charge in [-0.2, -0.15) is 0 Å². The summed E-state index contributed by atoms with van der Waals surface area (Å²) in [5.74, 6) is 0.799. The lowest BCUT2D eigenvalue weighted by Gasteiger charge is -2.14. The fraction of sp³-hybridized carbons (Fsp3) is 0.636. The second-order valence-corrected chi connectivity index (χ2v) is 6.10. The van der Waals surface area contributed by atoms with Gasteiger partial charge in [-0.15, -0.1) is 11.3 Å². The lowest BCUT2D eigenvalue weighted by Crippen LogP contribution is -2.22. The molecule has 0 aliphatic carbocycles. The Kier molecular flexibility index (Phi) is 6.13. The molecule has 15 heavy (non-hydrogen) atoms. The number of rotatable bonds is 7. The van der Waals surface area contributed by atoms with E-state index in [0.29, 0.717) is 6.04 Å². The van der Waals surface area contributed by atoms with Gasteiger partial charge in [0.1, 0.15) is 0 Å². The standard InChI is InChI=1S/C11H19NOS2/c1-3-10(11-6-4-8-14-11)12-7-5-9-15(2)13/h4,6,8,10,12H,3,5,7,9H2,1-2H3. The Balaban J connectivity index is 2.26. The molecular weight excluding hydrogens is 226 g/mol. The van der Waals surface area contributed by atoms with E-state index in [4.69, 9.17) is 0 Å². The largest absolute Gasteiger partial charge is 0.309 e. The first-order valence-corrected chi connectivity index (χ1v) is 7.91. The van der Waals surface area contributed by atoms with Crippen molar-refractivity contribution in [2.75, 3.05) is 18.6 Å². The van der Waals surface area contributed by atoms with Crippen LogP contribution in [0.1, 0.15) is 30.7 Å². The van der Waals surface area contributed by atoms with Gasteiger partial charge in [0, 0.05) is 33.7 Å². The van der Waals surface area contributed by atoms with Crippen molar-refractivity contribution in [3.05, 3.63) is 22.4 Å². The van der Waals surface area contributed by atoms with Crippen LogP contribution in [0.15, 0.2) is 17.5 Å². The molecule has 86 valence electrons. The quantitative estimate of drug-likeness (QED) is 0.748. The summed E-state index contributed by atoms with van der Waals surface area (Å²) in [6.07, 6.45) is 3.86. The Morgan fingerprint density at radius 3 is 2.93 bits per heavy atom. The van der Waals surface area contributed by atoms with Crippen LogP contribution in [-0.4, -0.2) is 22.8 Å². The summed E-state index contributed by atoms with van der Waals surface area (Å²) in [5.41, 5.74) is 0. The zero-order valence-corrected chi connectivity index (χ0v) is 11.0. The minimum atomic E-state index is -0.656. The lowest BCUT2D eigenvalue weighted by atomic mass is 10.2. The van der Waals surface area contributed by atoms with Gasteiger partial charge in [0.25, 0.3) is 0 Å². The molecule has 0 aliphatic rings. The van der Waals surface area contributed by atoms with Crippen molar-refractivity contribution >= 4 is 22.1 Å². The van der Waals surface area contributed by atoms with E-state index in [1.165, 1.54) is 4.88 Å². The number of hydrogen-bond donors (Lipinski definition) is 1. The Morgan fingerprint density at radius 2 is 2.40 bits per heavy atom. The summed E-state index contributed by atoms with van der Waals surface area (Å²) >= 11 is 1.80. The second kappa shape index (κ2) is 7.14. The molecule has 2 atom stereocenters. The monoisotopic (exact) mass is 245 g/mol. The summed E-state index contributed by atoms with van der Waals surface area (Å²) in [4.78, 5) is 1.40.